The van der Waals surface area contributed by atoms with Gasteiger partial charge in [-0.25, -0.2) is 0 Å². The molecule has 56 heavy (non-hydrogen) atoms. The molecule has 3 nitrogen and oxygen atoms in total. The van der Waals surface area contributed by atoms with Crippen LogP contribution in [0.25, 0.3) is 65.8 Å². The molecule has 0 unspecified atom stereocenters. The summed E-state index contributed by atoms with van der Waals surface area (Å²) in [6.45, 7) is 0. The Hall–Kier alpha value is -7.36. The molecular weight excluding hydrogens is 683 g/mol. The standard InChI is InChI=1S/C53H33NO2/c1-4-16-34(17-5-1)53(35-18-6-2-7-19-35)45-26-14-12-22-39(45)40-30-28-37(32-46(40)53)54(36-20-8-3-9-21-36)38-29-31-44-48(33-38)56-51-42-24-11-10-23-41(42)49-43-25-13-15-27-47(43)55-52(49)50(44)51/h1-33H. The third-order valence-electron chi connectivity index (χ3n) is 11.9. The molecule has 0 N–H and O–H groups in total. The molecule has 3 heteroatoms. The van der Waals surface area contributed by atoms with E-state index in [0.29, 0.717) is 0 Å². The summed E-state index contributed by atoms with van der Waals surface area (Å²) in [4.78, 5) is 2.35. The summed E-state index contributed by atoms with van der Waals surface area (Å²) < 4.78 is 13.6. The Morgan fingerprint density at radius 2 is 0.893 bits per heavy atom. The molecule has 0 radical (unpaired) electrons. The molecule has 0 saturated carbocycles. The molecule has 2 heterocycles. The second-order valence-corrected chi connectivity index (χ2v) is 14.8. The van der Waals surface area contributed by atoms with Gasteiger partial charge in [-0.2, -0.15) is 0 Å². The number of nitrogens with zero attached hydrogens (tertiary/aromatic N) is 1. The van der Waals surface area contributed by atoms with Gasteiger partial charge in [-0.1, -0.05) is 152 Å². The van der Waals surface area contributed by atoms with Crippen molar-refractivity contribution in [3.63, 3.8) is 0 Å². The van der Waals surface area contributed by atoms with Gasteiger partial charge in [0.15, 0.2) is 0 Å². The first-order valence-electron chi connectivity index (χ1n) is 19.2. The first kappa shape index (κ1) is 31.0. The highest BCUT2D eigenvalue weighted by atomic mass is 16.3. The smallest absolute Gasteiger partial charge is 0.147 e. The van der Waals surface area contributed by atoms with E-state index < -0.39 is 5.41 Å². The van der Waals surface area contributed by atoms with Crippen LogP contribution in [0.2, 0.25) is 0 Å². The van der Waals surface area contributed by atoms with Gasteiger partial charge >= 0.3 is 0 Å². The minimum absolute atomic E-state index is 0.505. The van der Waals surface area contributed by atoms with E-state index in [-0.39, 0.29) is 0 Å². The van der Waals surface area contributed by atoms with Crippen molar-refractivity contribution < 1.29 is 8.83 Å². The number of fused-ring (bicyclic) bond motifs is 13. The molecule has 0 atom stereocenters. The van der Waals surface area contributed by atoms with Crippen LogP contribution >= 0.6 is 0 Å². The summed E-state index contributed by atoms with van der Waals surface area (Å²) >= 11 is 0. The summed E-state index contributed by atoms with van der Waals surface area (Å²) in [6, 6.07) is 71.9. The average molecular weight is 716 g/mol. The lowest BCUT2D eigenvalue weighted by Crippen LogP contribution is -2.28. The monoisotopic (exact) mass is 715 g/mol. The fraction of sp³-hybridized carbons (Fsp3) is 0.0189. The van der Waals surface area contributed by atoms with Gasteiger partial charge in [-0.05, 0) is 81.2 Å². The zero-order valence-electron chi connectivity index (χ0n) is 30.3. The normalized spacial score (nSPS) is 13.1. The SMILES string of the molecule is c1ccc(N(c2ccc3c(c2)C(c2ccccc2)(c2ccccc2)c2ccccc2-3)c2ccc3c(c2)oc2c4ccccc4c4c5ccccc5oc4c32)cc1. The van der Waals surface area contributed by atoms with Crippen LogP contribution in [0.15, 0.2) is 209 Å². The van der Waals surface area contributed by atoms with Crippen LogP contribution in [0.1, 0.15) is 22.3 Å². The van der Waals surface area contributed by atoms with Gasteiger partial charge in [0.2, 0.25) is 0 Å². The highest BCUT2D eigenvalue weighted by Crippen LogP contribution is 2.57. The van der Waals surface area contributed by atoms with Crippen LogP contribution in [0.4, 0.5) is 17.1 Å². The summed E-state index contributed by atoms with van der Waals surface area (Å²) in [6.07, 6.45) is 0. The highest BCUT2D eigenvalue weighted by Gasteiger charge is 2.46. The number of para-hydroxylation sites is 2. The Kier molecular flexibility index (Phi) is 6.55. The number of benzene rings is 9. The van der Waals surface area contributed by atoms with Gasteiger partial charge in [-0.15, -0.1) is 0 Å². The number of furan rings is 2. The maximum Gasteiger partial charge on any atom is 0.147 e. The number of hydrogen-bond donors (Lipinski definition) is 0. The lowest BCUT2D eigenvalue weighted by atomic mass is 9.67. The lowest BCUT2D eigenvalue weighted by molar-refractivity contribution is 0.665. The third-order valence-corrected chi connectivity index (χ3v) is 11.9. The fourth-order valence-electron chi connectivity index (χ4n) is 9.62. The van der Waals surface area contributed by atoms with Crippen molar-refractivity contribution in [1.29, 1.82) is 0 Å². The van der Waals surface area contributed by atoms with E-state index >= 15 is 0 Å². The Balaban J connectivity index is 1.12. The molecule has 1 aliphatic carbocycles. The number of hydrogen-bond acceptors (Lipinski definition) is 3. The van der Waals surface area contributed by atoms with Gasteiger partial charge in [0.1, 0.15) is 22.3 Å². The lowest BCUT2D eigenvalue weighted by Gasteiger charge is -2.35. The predicted octanol–water partition coefficient (Wildman–Crippen LogP) is 14.5. The molecule has 11 aromatic rings. The number of rotatable bonds is 5. The number of anilines is 3. The Morgan fingerprint density at radius 3 is 1.66 bits per heavy atom. The topological polar surface area (TPSA) is 29.5 Å². The van der Waals surface area contributed by atoms with Crippen LogP contribution in [0.5, 0.6) is 0 Å². The van der Waals surface area contributed by atoms with Crippen LogP contribution in [0.3, 0.4) is 0 Å². The molecule has 0 bridgehead atoms. The minimum atomic E-state index is -0.505. The molecule has 1 aliphatic rings. The van der Waals surface area contributed by atoms with Crippen molar-refractivity contribution in [2.75, 3.05) is 4.90 Å². The van der Waals surface area contributed by atoms with E-state index in [9.17, 15) is 0 Å². The molecule has 0 fully saturated rings. The zero-order valence-corrected chi connectivity index (χ0v) is 30.3. The van der Waals surface area contributed by atoms with Gasteiger partial charge < -0.3 is 13.7 Å². The van der Waals surface area contributed by atoms with Crippen molar-refractivity contribution in [2.45, 2.75) is 5.41 Å². The molecule has 2 aromatic heterocycles. The first-order valence-corrected chi connectivity index (χ1v) is 19.2. The first-order chi connectivity index (χ1) is 27.8. The van der Waals surface area contributed by atoms with Gasteiger partial charge in [0.25, 0.3) is 0 Å². The Bertz CT molecular complexity index is 3270. The van der Waals surface area contributed by atoms with E-state index in [2.05, 4.69) is 193 Å². The van der Waals surface area contributed by atoms with Gasteiger partial charge in [0.05, 0.1) is 10.8 Å². The predicted molar refractivity (Wildman–Crippen MR) is 230 cm³/mol. The average Bonchev–Trinajstić information content (AvgIpc) is 3.94. The Labute approximate surface area is 323 Å². The highest BCUT2D eigenvalue weighted by molar-refractivity contribution is 6.33. The molecule has 0 saturated heterocycles. The summed E-state index contributed by atoms with van der Waals surface area (Å²) in [5.74, 6) is 0. The zero-order chi connectivity index (χ0) is 36.8. The summed E-state index contributed by atoms with van der Waals surface area (Å²) in [5.41, 5.74) is 13.6. The molecule has 0 amide bonds. The molecule has 9 aromatic carbocycles. The second-order valence-electron chi connectivity index (χ2n) is 14.8. The second kappa shape index (κ2) is 11.8. The van der Waals surface area contributed by atoms with Gasteiger partial charge in [-0.3, -0.25) is 0 Å². The van der Waals surface area contributed by atoms with Crippen molar-refractivity contribution in [2.24, 2.45) is 0 Å². The fourth-order valence-corrected chi connectivity index (χ4v) is 9.62. The van der Waals surface area contributed by atoms with E-state index in [1.165, 1.54) is 33.4 Å². The van der Waals surface area contributed by atoms with Crippen molar-refractivity contribution in [3.05, 3.63) is 222 Å². The Morgan fingerprint density at radius 1 is 0.339 bits per heavy atom. The van der Waals surface area contributed by atoms with E-state index in [0.717, 1.165) is 71.7 Å². The maximum atomic E-state index is 6.91. The van der Waals surface area contributed by atoms with Crippen molar-refractivity contribution >= 4 is 71.7 Å². The van der Waals surface area contributed by atoms with Crippen LogP contribution < -0.4 is 4.90 Å². The van der Waals surface area contributed by atoms with E-state index in [4.69, 9.17) is 8.83 Å². The quantitative estimate of drug-likeness (QED) is 0.178. The summed E-state index contributed by atoms with van der Waals surface area (Å²) in [5, 5.41) is 6.49. The minimum Gasteiger partial charge on any atom is -0.455 e. The van der Waals surface area contributed by atoms with Crippen LogP contribution in [-0.2, 0) is 5.41 Å². The van der Waals surface area contributed by atoms with E-state index in [1.54, 1.807) is 0 Å². The largest absolute Gasteiger partial charge is 0.455 e. The maximum absolute atomic E-state index is 6.91. The summed E-state index contributed by atoms with van der Waals surface area (Å²) in [7, 11) is 0. The van der Waals surface area contributed by atoms with Gasteiger partial charge in [0, 0.05) is 44.7 Å². The van der Waals surface area contributed by atoms with E-state index in [1.807, 2.05) is 12.1 Å². The van der Waals surface area contributed by atoms with Crippen LogP contribution in [-0.4, -0.2) is 0 Å². The molecule has 262 valence electrons. The molecule has 12 rings (SSSR count). The molecule has 0 spiro atoms. The molecule has 0 aliphatic heterocycles. The molecular formula is C53H33NO2. The van der Waals surface area contributed by atoms with Crippen molar-refractivity contribution in [3.8, 4) is 11.1 Å². The van der Waals surface area contributed by atoms with Crippen LogP contribution in [0, 0.1) is 0 Å². The third kappa shape index (κ3) is 4.22. The van der Waals surface area contributed by atoms with Crippen molar-refractivity contribution in [1.82, 2.24) is 0 Å².